The number of hydrogen-bond acceptors (Lipinski definition) is 3. The second-order valence-electron chi connectivity index (χ2n) is 1.36. The van der Waals surface area contributed by atoms with Crippen LogP contribution in [0.25, 0.3) is 0 Å². The van der Waals surface area contributed by atoms with Crippen LogP contribution in [0.15, 0.2) is 0 Å². The third kappa shape index (κ3) is 4.38. The molecule has 0 saturated carbocycles. The first-order chi connectivity index (χ1) is 4.12. The maximum Gasteiger partial charge on any atom is 0.335 e. The molecule has 0 aliphatic rings. The van der Waals surface area contributed by atoms with E-state index in [4.69, 9.17) is 0 Å². The van der Waals surface area contributed by atoms with Gasteiger partial charge in [-0.2, -0.15) is 13.1 Å². The lowest BCUT2D eigenvalue weighted by Crippen LogP contribution is -2.25. The quantitative estimate of drug-likeness (QED) is 0.612. The summed E-state index contributed by atoms with van der Waals surface area (Å²) in [7, 11) is -3.43. The van der Waals surface area contributed by atoms with Gasteiger partial charge in [-0.1, -0.05) is 6.92 Å². The molecule has 0 bridgehead atoms. The van der Waals surface area contributed by atoms with Crippen molar-refractivity contribution in [1.82, 2.24) is 4.72 Å². The first-order valence-corrected chi connectivity index (χ1v) is 4.17. The molecular weight excluding hydrogens is 142 g/mol. The zero-order valence-corrected chi connectivity index (χ0v) is 6.36. The third-order valence-electron chi connectivity index (χ3n) is 0.594. The average molecular weight is 153 g/mol. The van der Waals surface area contributed by atoms with Crippen LogP contribution in [-0.4, -0.2) is 21.6 Å². The summed E-state index contributed by atoms with van der Waals surface area (Å²) in [5.74, 6) is 0. The van der Waals surface area contributed by atoms with Crippen molar-refractivity contribution in [3.63, 3.8) is 0 Å². The second-order valence-corrected chi connectivity index (χ2v) is 2.79. The molecule has 0 amide bonds. The minimum Gasteiger partial charge on any atom is -0.258 e. The van der Waals surface area contributed by atoms with Crippen molar-refractivity contribution >= 4 is 10.3 Å². The van der Waals surface area contributed by atoms with Gasteiger partial charge in [0.15, 0.2) is 0 Å². The van der Waals surface area contributed by atoms with Gasteiger partial charge in [-0.3, -0.25) is 4.18 Å². The zero-order valence-electron chi connectivity index (χ0n) is 5.55. The standard InChI is InChI=1S/C4H11NO3S/c1-3-5-9(6,7)8-4-2/h5H,3-4H2,1-2H3. The molecule has 0 heterocycles. The molecule has 5 heteroatoms. The van der Waals surface area contributed by atoms with Gasteiger partial charge in [0.25, 0.3) is 0 Å². The molecule has 0 rings (SSSR count). The average Bonchev–Trinajstić information content (AvgIpc) is 1.64. The molecule has 0 aliphatic carbocycles. The molecule has 0 unspecified atom stereocenters. The van der Waals surface area contributed by atoms with Crippen molar-refractivity contribution in [2.24, 2.45) is 0 Å². The van der Waals surface area contributed by atoms with Gasteiger partial charge in [0.2, 0.25) is 0 Å². The predicted molar refractivity (Wildman–Crippen MR) is 34.2 cm³/mol. The molecule has 0 aliphatic heterocycles. The fraction of sp³-hybridized carbons (Fsp3) is 1.00. The third-order valence-corrected chi connectivity index (χ3v) is 1.78. The fourth-order valence-electron chi connectivity index (χ4n) is 0.374. The number of rotatable bonds is 4. The van der Waals surface area contributed by atoms with Gasteiger partial charge in [0.05, 0.1) is 6.61 Å². The molecule has 9 heavy (non-hydrogen) atoms. The Balaban J connectivity index is 3.73. The SMILES string of the molecule is CCNS(=O)(=O)OCC. The van der Waals surface area contributed by atoms with E-state index in [0.29, 0.717) is 6.54 Å². The Hall–Kier alpha value is -0.130. The molecule has 0 atom stereocenters. The largest absolute Gasteiger partial charge is 0.335 e. The number of nitrogens with one attached hydrogen (secondary N) is 1. The van der Waals surface area contributed by atoms with Crippen LogP contribution in [0.2, 0.25) is 0 Å². The van der Waals surface area contributed by atoms with E-state index in [9.17, 15) is 8.42 Å². The Bertz CT molecular complexity index is 139. The van der Waals surface area contributed by atoms with Gasteiger partial charge in [0.1, 0.15) is 0 Å². The molecule has 0 radical (unpaired) electrons. The van der Waals surface area contributed by atoms with Gasteiger partial charge >= 0.3 is 10.3 Å². The van der Waals surface area contributed by atoms with E-state index in [1.807, 2.05) is 0 Å². The Morgan fingerprint density at radius 2 is 2.00 bits per heavy atom. The van der Waals surface area contributed by atoms with Crippen LogP contribution in [-0.2, 0) is 14.5 Å². The van der Waals surface area contributed by atoms with Crippen LogP contribution in [0, 0.1) is 0 Å². The van der Waals surface area contributed by atoms with Gasteiger partial charge in [-0.25, -0.2) is 0 Å². The first kappa shape index (κ1) is 8.87. The van der Waals surface area contributed by atoms with Crippen molar-refractivity contribution in [3.05, 3.63) is 0 Å². The highest BCUT2D eigenvalue weighted by Crippen LogP contribution is 1.83. The lowest BCUT2D eigenvalue weighted by Gasteiger charge is -2.00. The van der Waals surface area contributed by atoms with Crippen LogP contribution in [0.4, 0.5) is 0 Å². The summed E-state index contributed by atoms with van der Waals surface area (Å²) in [5, 5.41) is 0. The first-order valence-electron chi connectivity index (χ1n) is 2.76. The normalized spacial score (nSPS) is 11.8. The van der Waals surface area contributed by atoms with Gasteiger partial charge in [-0.15, -0.1) is 0 Å². The maximum atomic E-state index is 10.5. The van der Waals surface area contributed by atoms with Crippen LogP contribution < -0.4 is 4.72 Å². The minimum absolute atomic E-state index is 0.176. The van der Waals surface area contributed by atoms with E-state index in [-0.39, 0.29) is 6.61 Å². The summed E-state index contributed by atoms with van der Waals surface area (Å²) in [5.41, 5.74) is 0. The molecule has 0 aromatic rings. The van der Waals surface area contributed by atoms with Gasteiger partial charge in [0, 0.05) is 6.54 Å². The topological polar surface area (TPSA) is 55.4 Å². The molecule has 0 spiro atoms. The highest BCUT2D eigenvalue weighted by atomic mass is 32.2. The summed E-state index contributed by atoms with van der Waals surface area (Å²) in [6.07, 6.45) is 0. The fourth-order valence-corrected chi connectivity index (χ4v) is 1.12. The van der Waals surface area contributed by atoms with Crippen LogP contribution in [0.5, 0.6) is 0 Å². The molecule has 0 aromatic heterocycles. The van der Waals surface area contributed by atoms with E-state index in [0.717, 1.165) is 0 Å². The Labute approximate surface area is 55.5 Å². The molecule has 0 aromatic carbocycles. The van der Waals surface area contributed by atoms with E-state index >= 15 is 0 Å². The monoisotopic (exact) mass is 153 g/mol. The van der Waals surface area contributed by atoms with Crippen molar-refractivity contribution in [2.45, 2.75) is 13.8 Å². The molecule has 0 fully saturated rings. The summed E-state index contributed by atoms with van der Waals surface area (Å²) in [4.78, 5) is 0. The molecular formula is C4H11NO3S. The molecule has 0 saturated heterocycles. The van der Waals surface area contributed by atoms with Crippen LogP contribution in [0.3, 0.4) is 0 Å². The van der Waals surface area contributed by atoms with E-state index in [1.165, 1.54) is 0 Å². The summed E-state index contributed by atoms with van der Waals surface area (Å²) >= 11 is 0. The highest BCUT2D eigenvalue weighted by molar-refractivity contribution is 7.84. The smallest absolute Gasteiger partial charge is 0.258 e. The van der Waals surface area contributed by atoms with Crippen molar-refractivity contribution in [2.75, 3.05) is 13.2 Å². The minimum atomic E-state index is -3.43. The molecule has 1 N–H and O–H groups in total. The predicted octanol–water partition coefficient (Wildman–Crippen LogP) is -0.123. The Kier molecular flexibility index (Phi) is 3.76. The Morgan fingerprint density at radius 1 is 1.44 bits per heavy atom. The van der Waals surface area contributed by atoms with Crippen molar-refractivity contribution in [3.8, 4) is 0 Å². The number of hydrogen-bond donors (Lipinski definition) is 1. The Morgan fingerprint density at radius 3 is 2.33 bits per heavy atom. The van der Waals surface area contributed by atoms with Gasteiger partial charge < -0.3 is 0 Å². The molecule has 56 valence electrons. The van der Waals surface area contributed by atoms with E-state index in [1.54, 1.807) is 13.8 Å². The summed E-state index contributed by atoms with van der Waals surface area (Å²) in [6, 6.07) is 0. The maximum absolute atomic E-state index is 10.5. The second kappa shape index (κ2) is 3.81. The van der Waals surface area contributed by atoms with E-state index < -0.39 is 10.3 Å². The lowest BCUT2D eigenvalue weighted by molar-refractivity contribution is 0.331. The van der Waals surface area contributed by atoms with E-state index in [2.05, 4.69) is 8.91 Å². The van der Waals surface area contributed by atoms with Crippen LogP contribution >= 0.6 is 0 Å². The molecule has 4 nitrogen and oxygen atoms in total. The van der Waals surface area contributed by atoms with Crippen LogP contribution in [0.1, 0.15) is 13.8 Å². The summed E-state index contributed by atoms with van der Waals surface area (Å²) in [6.45, 7) is 3.85. The lowest BCUT2D eigenvalue weighted by atomic mass is 10.8. The highest BCUT2D eigenvalue weighted by Gasteiger charge is 2.04. The van der Waals surface area contributed by atoms with Gasteiger partial charge in [-0.05, 0) is 6.92 Å². The zero-order chi connectivity index (χ0) is 7.33. The van der Waals surface area contributed by atoms with Crippen molar-refractivity contribution < 1.29 is 12.6 Å². The van der Waals surface area contributed by atoms with Crippen molar-refractivity contribution in [1.29, 1.82) is 0 Å². The summed E-state index contributed by atoms with van der Waals surface area (Å²) < 4.78 is 27.5.